The van der Waals surface area contributed by atoms with E-state index in [9.17, 15) is 4.79 Å². The number of amidine groups is 1. The lowest BCUT2D eigenvalue weighted by Crippen LogP contribution is -2.30. The molecule has 1 amide bonds. The van der Waals surface area contributed by atoms with E-state index < -0.39 is 0 Å². The SMILES string of the molecule is C=CCN1C(=O)C(=C2Sc3ccccc3N2CC)SC1=Nc1ccccc1C. The molecular formula is C22H21N3OS2. The fourth-order valence-electron chi connectivity index (χ4n) is 3.22. The Labute approximate surface area is 174 Å². The van der Waals surface area contributed by atoms with E-state index in [0.29, 0.717) is 11.7 Å². The van der Waals surface area contributed by atoms with E-state index >= 15 is 0 Å². The molecule has 28 heavy (non-hydrogen) atoms. The standard InChI is InChI=1S/C22H21N3OS2/c1-4-14-25-20(26)19(28-22(25)23-16-11-7-6-10-15(16)3)21-24(5-2)17-12-8-9-13-18(17)27-21/h4,6-13H,1,5,14H2,2-3H3. The average Bonchev–Trinajstić information content (AvgIpc) is 3.22. The van der Waals surface area contributed by atoms with Crippen molar-refractivity contribution in [3.8, 4) is 0 Å². The quantitative estimate of drug-likeness (QED) is 0.492. The van der Waals surface area contributed by atoms with Crippen molar-refractivity contribution in [2.45, 2.75) is 18.7 Å². The second-order valence-corrected chi connectivity index (χ2v) is 8.44. The fraction of sp³-hybridized carbons (Fsp3) is 0.182. The molecule has 142 valence electrons. The summed E-state index contributed by atoms with van der Waals surface area (Å²) in [6, 6.07) is 16.2. The van der Waals surface area contributed by atoms with Gasteiger partial charge in [-0.05, 0) is 49.4 Å². The number of hydrogen-bond donors (Lipinski definition) is 0. The summed E-state index contributed by atoms with van der Waals surface area (Å²) in [6.45, 7) is 9.20. The lowest BCUT2D eigenvalue weighted by Gasteiger charge is -2.19. The van der Waals surface area contributed by atoms with Gasteiger partial charge in [0.2, 0.25) is 0 Å². The molecule has 0 N–H and O–H groups in total. The van der Waals surface area contributed by atoms with E-state index in [4.69, 9.17) is 4.99 Å². The minimum atomic E-state index is -0.00834. The van der Waals surface area contributed by atoms with Crippen LogP contribution in [0.15, 0.2) is 81.0 Å². The Hall–Kier alpha value is -2.44. The topological polar surface area (TPSA) is 35.9 Å². The van der Waals surface area contributed by atoms with Crippen LogP contribution in [0.2, 0.25) is 0 Å². The molecule has 4 nitrogen and oxygen atoms in total. The van der Waals surface area contributed by atoms with Crippen molar-refractivity contribution in [3.63, 3.8) is 0 Å². The molecular weight excluding hydrogens is 386 g/mol. The molecule has 2 aliphatic rings. The van der Waals surface area contributed by atoms with Gasteiger partial charge in [-0.1, -0.05) is 48.2 Å². The molecule has 2 aliphatic heterocycles. The van der Waals surface area contributed by atoms with Gasteiger partial charge in [-0.3, -0.25) is 9.69 Å². The zero-order valence-corrected chi connectivity index (χ0v) is 17.5. The maximum absolute atomic E-state index is 13.3. The van der Waals surface area contributed by atoms with Gasteiger partial charge in [-0.25, -0.2) is 4.99 Å². The van der Waals surface area contributed by atoms with Gasteiger partial charge in [0.1, 0.15) is 9.93 Å². The van der Waals surface area contributed by atoms with E-state index in [1.807, 2.05) is 43.3 Å². The van der Waals surface area contributed by atoms with Crippen LogP contribution in [0.1, 0.15) is 12.5 Å². The molecule has 4 rings (SSSR count). The van der Waals surface area contributed by atoms with Crippen molar-refractivity contribution < 1.29 is 4.79 Å². The van der Waals surface area contributed by atoms with E-state index in [1.165, 1.54) is 16.7 Å². The van der Waals surface area contributed by atoms with Crippen molar-refractivity contribution in [2.75, 3.05) is 18.0 Å². The highest BCUT2D eigenvalue weighted by Crippen LogP contribution is 2.50. The largest absolute Gasteiger partial charge is 0.334 e. The number of rotatable bonds is 4. The summed E-state index contributed by atoms with van der Waals surface area (Å²) >= 11 is 3.11. The Morgan fingerprint density at radius 1 is 1.07 bits per heavy atom. The van der Waals surface area contributed by atoms with Crippen LogP contribution < -0.4 is 4.90 Å². The predicted octanol–water partition coefficient (Wildman–Crippen LogP) is 5.55. The number of amides is 1. The van der Waals surface area contributed by atoms with Gasteiger partial charge in [0.25, 0.3) is 5.91 Å². The molecule has 0 aromatic heterocycles. The predicted molar refractivity (Wildman–Crippen MR) is 120 cm³/mol. The molecule has 0 spiro atoms. The third kappa shape index (κ3) is 3.27. The third-order valence-electron chi connectivity index (χ3n) is 4.63. The first kappa shape index (κ1) is 18.9. The molecule has 2 aromatic carbocycles. The number of benzene rings is 2. The molecule has 6 heteroatoms. The molecule has 0 bridgehead atoms. The van der Waals surface area contributed by atoms with Crippen molar-refractivity contribution in [3.05, 3.63) is 76.7 Å². The van der Waals surface area contributed by atoms with Gasteiger partial charge < -0.3 is 4.90 Å². The summed E-state index contributed by atoms with van der Waals surface area (Å²) in [6.07, 6.45) is 1.74. The zero-order valence-electron chi connectivity index (χ0n) is 15.9. The van der Waals surface area contributed by atoms with Gasteiger partial charge in [0, 0.05) is 18.0 Å². The van der Waals surface area contributed by atoms with Crippen LogP contribution >= 0.6 is 23.5 Å². The number of thioether (sulfide) groups is 2. The number of fused-ring (bicyclic) bond motifs is 1. The van der Waals surface area contributed by atoms with Crippen LogP contribution in [-0.2, 0) is 4.79 Å². The Morgan fingerprint density at radius 3 is 2.57 bits per heavy atom. The van der Waals surface area contributed by atoms with Gasteiger partial charge >= 0.3 is 0 Å². The van der Waals surface area contributed by atoms with Crippen molar-refractivity contribution in [1.82, 2.24) is 4.90 Å². The normalized spacial score (nSPS) is 20.2. The molecule has 2 heterocycles. The number of para-hydroxylation sites is 2. The van der Waals surface area contributed by atoms with Crippen LogP contribution in [0.3, 0.4) is 0 Å². The van der Waals surface area contributed by atoms with E-state index in [-0.39, 0.29) is 5.91 Å². The van der Waals surface area contributed by atoms with E-state index in [0.717, 1.165) is 33.4 Å². The molecule has 0 saturated carbocycles. The number of anilines is 1. The number of hydrogen-bond acceptors (Lipinski definition) is 5. The maximum atomic E-state index is 13.3. The third-order valence-corrected chi connectivity index (χ3v) is 7.00. The fourth-order valence-corrected chi connectivity index (χ4v) is 5.61. The Kier molecular flexibility index (Phi) is 5.33. The van der Waals surface area contributed by atoms with Crippen LogP contribution in [0, 0.1) is 6.92 Å². The lowest BCUT2D eigenvalue weighted by atomic mass is 10.2. The minimum absolute atomic E-state index is 0.00834. The monoisotopic (exact) mass is 407 g/mol. The lowest BCUT2D eigenvalue weighted by molar-refractivity contribution is -0.121. The Balaban J connectivity index is 1.78. The smallest absolute Gasteiger partial charge is 0.269 e. The van der Waals surface area contributed by atoms with Gasteiger partial charge in [-0.2, -0.15) is 0 Å². The number of carbonyl (C=O) groups is 1. The molecule has 0 aliphatic carbocycles. The van der Waals surface area contributed by atoms with Crippen molar-refractivity contribution in [2.24, 2.45) is 4.99 Å². The minimum Gasteiger partial charge on any atom is -0.334 e. The van der Waals surface area contributed by atoms with Crippen LogP contribution in [-0.4, -0.2) is 29.1 Å². The number of aliphatic imine (C=N–C) groups is 1. The highest BCUT2D eigenvalue weighted by atomic mass is 32.2. The second kappa shape index (κ2) is 7.89. The van der Waals surface area contributed by atoms with E-state index in [1.54, 1.807) is 22.7 Å². The average molecular weight is 408 g/mol. The van der Waals surface area contributed by atoms with E-state index in [2.05, 4.69) is 30.5 Å². The summed E-state index contributed by atoms with van der Waals surface area (Å²) in [4.78, 5) is 23.9. The number of aryl methyl sites for hydroxylation is 1. The first-order valence-electron chi connectivity index (χ1n) is 9.17. The second-order valence-electron chi connectivity index (χ2n) is 6.44. The molecule has 1 fully saturated rings. The van der Waals surface area contributed by atoms with Crippen LogP contribution in [0.5, 0.6) is 0 Å². The van der Waals surface area contributed by atoms with Gasteiger partial charge in [-0.15, -0.1) is 6.58 Å². The first-order chi connectivity index (χ1) is 13.6. The van der Waals surface area contributed by atoms with Gasteiger partial charge in [0.15, 0.2) is 5.17 Å². The van der Waals surface area contributed by atoms with Crippen molar-refractivity contribution >= 4 is 46.0 Å². The summed E-state index contributed by atoms with van der Waals surface area (Å²) in [7, 11) is 0. The highest BCUT2D eigenvalue weighted by Gasteiger charge is 2.39. The molecule has 0 unspecified atom stereocenters. The number of nitrogens with zero attached hydrogens (tertiary/aromatic N) is 3. The van der Waals surface area contributed by atoms with Crippen LogP contribution in [0.25, 0.3) is 0 Å². The summed E-state index contributed by atoms with van der Waals surface area (Å²) in [5.41, 5.74) is 3.12. The highest BCUT2D eigenvalue weighted by molar-refractivity contribution is 8.19. The number of carbonyl (C=O) groups excluding carboxylic acids is 1. The molecule has 0 radical (unpaired) electrons. The Bertz CT molecular complexity index is 1010. The molecule has 2 aromatic rings. The molecule has 1 saturated heterocycles. The Morgan fingerprint density at radius 2 is 1.82 bits per heavy atom. The van der Waals surface area contributed by atoms with Crippen LogP contribution in [0.4, 0.5) is 11.4 Å². The van der Waals surface area contributed by atoms with Gasteiger partial charge in [0.05, 0.1) is 11.4 Å². The first-order valence-corrected chi connectivity index (χ1v) is 10.8. The maximum Gasteiger partial charge on any atom is 0.269 e. The summed E-state index contributed by atoms with van der Waals surface area (Å²) < 4.78 is 0. The summed E-state index contributed by atoms with van der Waals surface area (Å²) in [5, 5.41) is 1.69. The zero-order chi connectivity index (χ0) is 19.7. The van der Waals surface area contributed by atoms with Crippen molar-refractivity contribution in [1.29, 1.82) is 0 Å². The summed E-state index contributed by atoms with van der Waals surface area (Å²) in [5.74, 6) is -0.00834. The molecule has 0 atom stereocenters.